The van der Waals surface area contributed by atoms with Crippen molar-refractivity contribution in [2.24, 2.45) is 0 Å². The molecule has 0 saturated carbocycles. The number of aryl methyl sites for hydroxylation is 1. The monoisotopic (exact) mass is 241 g/mol. The molecule has 0 spiro atoms. The molecule has 1 unspecified atom stereocenters. The van der Waals surface area contributed by atoms with E-state index in [1.807, 2.05) is 4.57 Å². The summed E-state index contributed by atoms with van der Waals surface area (Å²) in [4.78, 5) is 0. The van der Waals surface area contributed by atoms with Gasteiger partial charge in [0.05, 0.1) is 11.7 Å². The molecule has 1 atom stereocenters. The Labute approximate surface area is 95.3 Å². The average Bonchev–Trinajstić information content (AvgIpc) is 2.77. The van der Waals surface area contributed by atoms with Crippen molar-refractivity contribution in [2.45, 2.75) is 25.2 Å². The van der Waals surface area contributed by atoms with Gasteiger partial charge in [-0.1, -0.05) is 0 Å². The summed E-state index contributed by atoms with van der Waals surface area (Å²) in [6.07, 6.45) is -4.25. The van der Waals surface area contributed by atoms with Crippen molar-refractivity contribution in [3.8, 4) is 0 Å². The molecule has 0 fully saturated rings. The van der Waals surface area contributed by atoms with E-state index in [0.717, 1.165) is 17.6 Å². The summed E-state index contributed by atoms with van der Waals surface area (Å²) < 4.78 is 39.5. The number of aliphatic hydroxyl groups excluding tert-OH is 1. The zero-order chi connectivity index (χ0) is 12.2. The molecule has 0 saturated heterocycles. The smallest absolute Gasteiger partial charge is 0.387 e. The third-order valence-corrected chi connectivity index (χ3v) is 3.23. The first kappa shape index (κ1) is 10.7. The Balaban J connectivity index is 2.20. The predicted molar refractivity (Wildman–Crippen MR) is 56.5 cm³/mol. The standard InChI is InChI=1S/C12H10F3NO/c13-12(14,15)8-1-2-9-7(5-8)6-10-11(17)3-4-16(9)10/h1-2,5-6,11,17H,3-4H2. The Hall–Kier alpha value is -1.49. The molecular formula is C12H10F3NO. The Kier molecular flexibility index (Phi) is 2.04. The number of hydrogen-bond donors (Lipinski definition) is 1. The van der Waals surface area contributed by atoms with Crippen molar-refractivity contribution in [1.82, 2.24) is 4.57 Å². The van der Waals surface area contributed by atoms with Crippen LogP contribution in [0.15, 0.2) is 24.3 Å². The van der Waals surface area contributed by atoms with Gasteiger partial charge in [-0.3, -0.25) is 0 Å². The van der Waals surface area contributed by atoms with Gasteiger partial charge in [0.2, 0.25) is 0 Å². The van der Waals surface area contributed by atoms with Gasteiger partial charge in [0.25, 0.3) is 0 Å². The van der Waals surface area contributed by atoms with E-state index in [2.05, 4.69) is 0 Å². The lowest BCUT2D eigenvalue weighted by Crippen LogP contribution is -2.04. The summed E-state index contributed by atoms with van der Waals surface area (Å²) in [7, 11) is 0. The summed E-state index contributed by atoms with van der Waals surface area (Å²) in [5.74, 6) is 0. The van der Waals surface area contributed by atoms with Crippen LogP contribution >= 0.6 is 0 Å². The highest BCUT2D eigenvalue weighted by atomic mass is 19.4. The van der Waals surface area contributed by atoms with E-state index in [1.165, 1.54) is 6.07 Å². The number of aliphatic hydroxyl groups is 1. The molecule has 0 bridgehead atoms. The van der Waals surface area contributed by atoms with Crippen molar-refractivity contribution >= 4 is 10.9 Å². The first-order chi connectivity index (χ1) is 7.97. The predicted octanol–water partition coefficient (Wildman–Crippen LogP) is 3.10. The van der Waals surface area contributed by atoms with E-state index in [0.29, 0.717) is 24.0 Å². The molecule has 90 valence electrons. The van der Waals surface area contributed by atoms with Crippen LogP contribution in [0.1, 0.15) is 23.8 Å². The van der Waals surface area contributed by atoms with Crippen molar-refractivity contribution in [2.75, 3.05) is 0 Å². The lowest BCUT2D eigenvalue weighted by atomic mass is 10.1. The molecular weight excluding hydrogens is 231 g/mol. The van der Waals surface area contributed by atoms with Gasteiger partial charge in [-0.15, -0.1) is 0 Å². The minimum atomic E-state index is -4.32. The summed E-state index contributed by atoms with van der Waals surface area (Å²) in [5.41, 5.74) is 0.813. The average molecular weight is 241 g/mol. The van der Waals surface area contributed by atoms with E-state index in [9.17, 15) is 18.3 Å². The summed E-state index contributed by atoms with van der Waals surface area (Å²) >= 11 is 0. The minimum Gasteiger partial charge on any atom is -0.387 e. The first-order valence-electron chi connectivity index (χ1n) is 5.35. The lowest BCUT2D eigenvalue weighted by molar-refractivity contribution is -0.137. The Morgan fingerprint density at radius 3 is 2.71 bits per heavy atom. The Morgan fingerprint density at radius 1 is 1.24 bits per heavy atom. The molecule has 1 aliphatic rings. The van der Waals surface area contributed by atoms with Gasteiger partial charge >= 0.3 is 6.18 Å². The second kappa shape index (κ2) is 3.26. The maximum atomic E-state index is 12.5. The Morgan fingerprint density at radius 2 is 2.00 bits per heavy atom. The second-order valence-corrected chi connectivity index (χ2v) is 4.30. The van der Waals surface area contributed by atoms with Gasteiger partial charge in [-0.2, -0.15) is 13.2 Å². The first-order valence-corrected chi connectivity index (χ1v) is 5.35. The highest BCUT2D eigenvalue weighted by Gasteiger charge is 2.31. The van der Waals surface area contributed by atoms with Gasteiger partial charge in [-0.05, 0) is 30.7 Å². The van der Waals surface area contributed by atoms with E-state index in [4.69, 9.17) is 0 Å². The minimum absolute atomic E-state index is 0.536. The van der Waals surface area contributed by atoms with Crippen molar-refractivity contribution in [3.63, 3.8) is 0 Å². The highest BCUT2D eigenvalue weighted by molar-refractivity contribution is 5.82. The van der Waals surface area contributed by atoms with Gasteiger partial charge in [0.1, 0.15) is 0 Å². The molecule has 17 heavy (non-hydrogen) atoms. The van der Waals surface area contributed by atoms with Crippen LogP contribution in [0.4, 0.5) is 13.2 Å². The molecule has 5 heteroatoms. The zero-order valence-corrected chi connectivity index (χ0v) is 8.83. The SMILES string of the molecule is OC1CCn2c1cc1cc(C(F)(F)F)ccc12. The van der Waals surface area contributed by atoms with Crippen LogP contribution in [0.2, 0.25) is 0 Å². The molecule has 3 rings (SSSR count). The van der Waals surface area contributed by atoms with E-state index >= 15 is 0 Å². The molecule has 2 nitrogen and oxygen atoms in total. The van der Waals surface area contributed by atoms with E-state index < -0.39 is 17.8 Å². The molecule has 0 amide bonds. The van der Waals surface area contributed by atoms with Gasteiger partial charge in [0.15, 0.2) is 0 Å². The van der Waals surface area contributed by atoms with Gasteiger partial charge in [-0.25, -0.2) is 0 Å². The van der Waals surface area contributed by atoms with E-state index in [-0.39, 0.29) is 0 Å². The molecule has 2 aromatic rings. The third-order valence-electron chi connectivity index (χ3n) is 3.23. The maximum absolute atomic E-state index is 12.5. The van der Waals surface area contributed by atoms with Crippen molar-refractivity contribution in [3.05, 3.63) is 35.5 Å². The van der Waals surface area contributed by atoms with Crippen LogP contribution in [-0.2, 0) is 12.7 Å². The molecule has 0 aliphatic carbocycles. The number of halogens is 3. The van der Waals surface area contributed by atoms with Crippen LogP contribution < -0.4 is 0 Å². The normalized spacial score (nSPS) is 19.9. The van der Waals surface area contributed by atoms with Crippen LogP contribution in [-0.4, -0.2) is 9.67 Å². The molecule has 2 heterocycles. The molecule has 1 aromatic carbocycles. The molecule has 1 aromatic heterocycles. The number of fused-ring (bicyclic) bond motifs is 3. The van der Waals surface area contributed by atoms with Crippen LogP contribution in [0.3, 0.4) is 0 Å². The van der Waals surface area contributed by atoms with Crippen molar-refractivity contribution < 1.29 is 18.3 Å². The summed E-state index contributed by atoms with van der Waals surface area (Å²) in [5, 5.41) is 10.2. The third kappa shape index (κ3) is 1.53. The fraction of sp³-hybridized carbons (Fsp3) is 0.333. The number of rotatable bonds is 0. The second-order valence-electron chi connectivity index (χ2n) is 4.30. The highest BCUT2D eigenvalue weighted by Crippen LogP contribution is 2.36. The quantitative estimate of drug-likeness (QED) is 0.753. The fourth-order valence-corrected chi connectivity index (χ4v) is 2.39. The number of hydrogen-bond acceptors (Lipinski definition) is 1. The summed E-state index contributed by atoms with van der Waals surface area (Å²) in [6.45, 7) is 0.658. The van der Waals surface area contributed by atoms with Gasteiger partial charge < -0.3 is 9.67 Å². The number of aromatic nitrogens is 1. The Bertz CT molecular complexity index is 585. The van der Waals surface area contributed by atoms with Crippen LogP contribution in [0.25, 0.3) is 10.9 Å². The maximum Gasteiger partial charge on any atom is 0.416 e. The number of benzene rings is 1. The van der Waals surface area contributed by atoms with Crippen LogP contribution in [0, 0.1) is 0 Å². The topological polar surface area (TPSA) is 25.2 Å². The van der Waals surface area contributed by atoms with Gasteiger partial charge in [0, 0.05) is 23.1 Å². The fourth-order valence-electron chi connectivity index (χ4n) is 2.39. The van der Waals surface area contributed by atoms with Crippen molar-refractivity contribution in [1.29, 1.82) is 0 Å². The summed E-state index contributed by atoms with van der Waals surface area (Å²) in [6, 6.07) is 5.33. The zero-order valence-electron chi connectivity index (χ0n) is 8.83. The largest absolute Gasteiger partial charge is 0.416 e. The molecule has 1 N–H and O–H groups in total. The molecule has 1 aliphatic heterocycles. The molecule has 0 radical (unpaired) electrons. The number of alkyl halides is 3. The van der Waals surface area contributed by atoms with Crippen LogP contribution in [0.5, 0.6) is 0 Å². The van der Waals surface area contributed by atoms with E-state index in [1.54, 1.807) is 6.07 Å². The lowest BCUT2D eigenvalue weighted by Gasteiger charge is -2.06. The number of nitrogens with zero attached hydrogens (tertiary/aromatic N) is 1.